The maximum atomic E-state index is 13.1. The number of fused-ring (bicyclic) bond motifs is 1. The van der Waals surface area contributed by atoms with Gasteiger partial charge in [0, 0.05) is 24.3 Å². The molecule has 3 aromatic carbocycles. The number of nitrogens with two attached hydrogens (primary N) is 1. The molecule has 1 aliphatic rings. The number of anilines is 3. The minimum absolute atomic E-state index is 0.162. The van der Waals surface area contributed by atoms with Crippen molar-refractivity contribution in [1.29, 1.82) is 0 Å². The van der Waals surface area contributed by atoms with Crippen molar-refractivity contribution < 1.29 is 22.7 Å². The Balaban J connectivity index is 1.77. The first-order valence-electron chi connectivity index (χ1n) is 11.1. The number of hydrogen-bond acceptors (Lipinski definition) is 7. The van der Waals surface area contributed by atoms with Crippen molar-refractivity contribution in [1.82, 2.24) is 0 Å². The van der Waals surface area contributed by atoms with Crippen LogP contribution in [0.4, 0.5) is 17.1 Å². The molecule has 9 nitrogen and oxygen atoms in total. The summed E-state index contributed by atoms with van der Waals surface area (Å²) in [4.78, 5) is 25.0. The molecule has 186 valence electrons. The number of ether oxygens (including phenoxy) is 1. The molecule has 1 aliphatic heterocycles. The Morgan fingerprint density at radius 1 is 1.03 bits per heavy atom. The summed E-state index contributed by atoms with van der Waals surface area (Å²) >= 11 is 0. The summed E-state index contributed by atoms with van der Waals surface area (Å²) in [6, 6.07) is 21.1. The van der Waals surface area contributed by atoms with Gasteiger partial charge in [-0.1, -0.05) is 36.4 Å². The van der Waals surface area contributed by atoms with E-state index in [1.807, 2.05) is 30.3 Å². The van der Waals surface area contributed by atoms with Crippen LogP contribution in [-0.4, -0.2) is 46.7 Å². The van der Waals surface area contributed by atoms with Crippen LogP contribution in [-0.2, 0) is 19.6 Å². The Hall–Kier alpha value is -4.15. The molecule has 0 unspecified atom stereocenters. The van der Waals surface area contributed by atoms with Crippen LogP contribution in [0.1, 0.15) is 21.5 Å². The van der Waals surface area contributed by atoms with Crippen molar-refractivity contribution in [3.63, 3.8) is 0 Å². The minimum Gasteiger partial charge on any atom is -0.465 e. The van der Waals surface area contributed by atoms with E-state index < -0.39 is 16.0 Å². The van der Waals surface area contributed by atoms with Crippen molar-refractivity contribution in [3.8, 4) is 0 Å². The van der Waals surface area contributed by atoms with Gasteiger partial charge in [0.15, 0.2) is 0 Å². The molecule has 0 radical (unpaired) electrons. The van der Waals surface area contributed by atoms with Crippen LogP contribution in [0.15, 0.2) is 72.8 Å². The lowest BCUT2D eigenvalue weighted by Crippen LogP contribution is -2.34. The van der Waals surface area contributed by atoms with Crippen LogP contribution in [0, 0.1) is 0 Å². The first-order chi connectivity index (χ1) is 17.2. The predicted octanol–water partition coefficient (Wildman–Crippen LogP) is 3.13. The van der Waals surface area contributed by atoms with Gasteiger partial charge in [0.05, 0.1) is 41.6 Å². The van der Waals surface area contributed by atoms with Crippen molar-refractivity contribution in [2.24, 2.45) is 5.73 Å². The molecule has 0 fully saturated rings. The molecule has 0 aromatic heterocycles. The molecule has 36 heavy (non-hydrogen) atoms. The first kappa shape index (κ1) is 25.0. The molecule has 0 spiro atoms. The van der Waals surface area contributed by atoms with Crippen LogP contribution >= 0.6 is 0 Å². The lowest BCUT2D eigenvalue weighted by molar-refractivity contribution is -0.110. The van der Waals surface area contributed by atoms with Gasteiger partial charge in [-0.25, -0.2) is 13.2 Å². The zero-order chi connectivity index (χ0) is 25.9. The molecule has 4 N–H and O–H groups in total. The molecule has 10 heteroatoms. The van der Waals surface area contributed by atoms with Gasteiger partial charge in [-0.2, -0.15) is 0 Å². The average Bonchev–Trinajstić information content (AvgIpc) is 3.20. The van der Waals surface area contributed by atoms with E-state index in [4.69, 9.17) is 10.5 Å². The molecular weight excluding hydrogens is 480 g/mol. The van der Waals surface area contributed by atoms with Gasteiger partial charge in [0.25, 0.3) is 5.91 Å². The number of benzene rings is 3. The van der Waals surface area contributed by atoms with Crippen LogP contribution in [0.2, 0.25) is 0 Å². The molecule has 0 saturated carbocycles. The highest BCUT2D eigenvalue weighted by molar-refractivity contribution is 7.92. The number of methoxy groups -OCH3 is 1. The molecule has 0 aliphatic carbocycles. The third kappa shape index (κ3) is 5.09. The van der Waals surface area contributed by atoms with E-state index in [9.17, 15) is 18.0 Å². The second-order valence-corrected chi connectivity index (χ2v) is 10.0. The monoisotopic (exact) mass is 506 g/mol. The standard InChI is InChI=1S/C26H26N4O5S/c1-35-26(32)18-8-13-21-22(16-18)29-25(31)23(21)24(17-6-4-3-5-7-17)28-19-9-11-20(12-10-19)30(15-14-27)36(2,33)34/h3-13,16,28H,14-15,27H2,1-2H3,(H,29,31)/b24-23-. The number of amides is 1. The third-order valence-corrected chi connectivity index (χ3v) is 6.85. The number of nitrogens with one attached hydrogen (secondary N) is 2. The fraction of sp³-hybridized carbons (Fsp3) is 0.154. The second kappa shape index (κ2) is 10.2. The van der Waals surface area contributed by atoms with Gasteiger partial charge < -0.3 is 21.1 Å². The Bertz CT molecular complexity index is 1430. The third-order valence-electron chi connectivity index (χ3n) is 5.65. The normalized spacial score (nSPS) is 14.0. The predicted molar refractivity (Wildman–Crippen MR) is 141 cm³/mol. The number of carbonyl (C=O) groups is 2. The number of esters is 1. The Morgan fingerprint density at radius 3 is 2.33 bits per heavy atom. The fourth-order valence-electron chi connectivity index (χ4n) is 4.01. The Morgan fingerprint density at radius 2 is 1.72 bits per heavy atom. The summed E-state index contributed by atoms with van der Waals surface area (Å²) in [5.41, 5.74) is 9.96. The van der Waals surface area contributed by atoms with E-state index in [0.717, 1.165) is 11.8 Å². The number of nitrogens with zero attached hydrogens (tertiary/aromatic N) is 1. The smallest absolute Gasteiger partial charge is 0.337 e. The van der Waals surface area contributed by atoms with Gasteiger partial charge in [-0.05, 0) is 42.0 Å². The molecule has 1 amide bonds. The van der Waals surface area contributed by atoms with Gasteiger partial charge in [-0.15, -0.1) is 0 Å². The Labute approximate surface area is 209 Å². The highest BCUT2D eigenvalue weighted by Gasteiger charge is 2.29. The van der Waals surface area contributed by atoms with Crippen molar-refractivity contribution in [2.45, 2.75) is 0 Å². The largest absolute Gasteiger partial charge is 0.465 e. The molecule has 0 atom stereocenters. The van der Waals surface area contributed by atoms with Crippen molar-refractivity contribution in [3.05, 3.63) is 89.5 Å². The van der Waals surface area contributed by atoms with Crippen molar-refractivity contribution >= 4 is 50.2 Å². The molecule has 0 bridgehead atoms. The maximum Gasteiger partial charge on any atom is 0.337 e. The number of rotatable bonds is 8. The van der Waals surface area contributed by atoms with Gasteiger partial charge in [0.2, 0.25) is 10.0 Å². The highest BCUT2D eigenvalue weighted by atomic mass is 32.2. The maximum absolute atomic E-state index is 13.1. The van der Waals surface area contributed by atoms with Crippen molar-refractivity contribution in [2.75, 3.05) is 41.4 Å². The SMILES string of the molecule is COC(=O)c1ccc2c(c1)NC(=O)/C2=C(\Nc1ccc(N(CCN)S(C)(=O)=O)cc1)c1ccccc1. The summed E-state index contributed by atoms with van der Waals surface area (Å²) in [5.74, 6) is -0.815. The lowest BCUT2D eigenvalue weighted by Gasteiger charge is -2.22. The summed E-state index contributed by atoms with van der Waals surface area (Å²) in [7, 11) is -2.19. The zero-order valence-electron chi connectivity index (χ0n) is 19.8. The molecule has 1 heterocycles. The molecule has 0 saturated heterocycles. The summed E-state index contributed by atoms with van der Waals surface area (Å²) in [6.07, 6.45) is 1.13. The van der Waals surface area contributed by atoms with E-state index in [0.29, 0.717) is 39.5 Å². The van der Waals surface area contributed by atoms with E-state index in [2.05, 4.69) is 10.6 Å². The number of carbonyl (C=O) groups excluding carboxylic acids is 2. The lowest BCUT2D eigenvalue weighted by atomic mass is 9.99. The topological polar surface area (TPSA) is 131 Å². The zero-order valence-corrected chi connectivity index (χ0v) is 20.6. The second-order valence-electron chi connectivity index (χ2n) is 8.12. The Kier molecular flexibility index (Phi) is 7.09. The van der Waals surface area contributed by atoms with Crippen LogP contribution < -0.4 is 20.7 Å². The van der Waals surface area contributed by atoms with E-state index in [-0.39, 0.29) is 19.0 Å². The molecule has 4 rings (SSSR count). The van der Waals surface area contributed by atoms with Gasteiger partial charge >= 0.3 is 5.97 Å². The number of sulfonamides is 1. The van der Waals surface area contributed by atoms with Gasteiger partial charge in [-0.3, -0.25) is 9.10 Å². The van der Waals surface area contributed by atoms with Crippen LogP contribution in [0.5, 0.6) is 0 Å². The molecular formula is C26H26N4O5S. The fourth-order valence-corrected chi connectivity index (χ4v) is 4.95. The summed E-state index contributed by atoms with van der Waals surface area (Å²) < 4.78 is 30.3. The first-order valence-corrected chi connectivity index (χ1v) is 13.0. The average molecular weight is 507 g/mol. The summed E-state index contributed by atoms with van der Waals surface area (Å²) in [6.45, 7) is 0.346. The highest BCUT2D eigenvalue weighted by Crippen LogP contribution is 2.38. The van der Waals surface area contributed by atoms with E-state index >= 15 is 0 Å². The van der Waals surface area contributed by atoms with E-state index in [1.165, 1.54) is 11.4 Å². The summed E-state index contributed by atoms with van der Waals surface area (Å²) in [5, 5.41) is 6.16. The quantitative estimate of drug-likeness (QED) is 0.316. The van der Waals surface area contributed by atoms with Crippen LogP contribution in [0.25, 0.3) is 11.3 Å². The molecule has 3 aromatic rings. The number of hydrogen-bond donors (Lipinski definition) is 3. The van der Waals surface area contributed by atoms with Crippen LogP contribution in [0.3, 0.4) is 0 Å². The van der Waals surface area contributed by atoms with Gasteiger partial charge in [0.1, 0.15) is 0 Å². The van der Waals surface area contributed by atoms with E-state index in [1.54, 1.807) is 42.5 Å². The minimum atomic E-state index is -3.49.